The summed E-state index contributed by atoms with van der Waals surface area (Å²) in [4.78, 5) is 18.0. The summed E-state index contributed by atoms with van der Waals surface area (Å²) >= 11 is 0. The summed E-state index contributed by atoms with van der Waals surface area (Å²) < 4.78 is 5.74. The molecule has 1 amide bonds. The number of carbonyl (C=O) groups is 1. The molecular weight excluding hydrogens is 242 g/mol. The second-order valence-electron chi connectivity index (χ2n) is 4.81. The van der Waals surface area contributed by atoms with Crippen LogP contribution < -0.4 is 0 Å². The largest absolute Gasteiger partial charge is 0.344 e. The van der Waals surface area contributed by atoms with E-state index in [4.69, 9.17) is 9.57 Å². The Balaban J connectivity index is 1.70. The molecule has 0 N–H and O–H groups in total. The molecule has 19 heavy (non-hydrogen) atoms. The number of hydrogen-bond donors (Lipinski definition) is 0. The van der Waals surface area contributed by atoms with Crippen LogP contribution in [0.4, 0.5) is 0 Å². The Bertz CT molecular complexity index is 485. The third kappa shape index (κ3) is 2.29. The molecule has 3 rings (SSSR count). The molecule has 0 radical (unpaired) electrons. The van der Waals surface area contributed by atoms with E-state index in [0.717, 1.165) is 12.0 Å². The summed E-state index contributed by atoms with van der Waals surface area (Å²) in [5, 5.41) is 1.38. The summed E-state index contributed by atoms with van der Waals surface area (Å²) in [6.07, 6.45) is 4.15. The van der Waals surface area contributed by atoms with Crippen molar-refractivity contribution in [3.8, 4) is 0 Å². The van der Waals surface area contributed by atoms with Gasteiger partial charge in [-0.1, -0.05) is 43.3 Å². The average Bonchev–Trinajstić information content (AvgIpc) is 2.86. The van der Waals surface area contributed by atoms with Crippen LogP contribution in [0.15, 0.2) is 42.5 Å². The van der Waals surface area contributed by atoms with Gasteiger partial charge >= 0.3 is 0 Å². The summed E-state index contributed by atoms with van der Waals surface area (Å²) in [5.41, 5.74) is 1.03. The molecule has 3 atom stereocenters. The van der Waals surface area contributed by atoms with Gasteiger partial charge in [0.05, 0.1) is 12.0 Å². The summed E-state index contributed by atoms with van der Waals surface area (Å²) in [7, 11) is 0. The Labute approximate surface area is 112 Å². The van der Waals surface area contributed by atoms with Crippen molar-refractivity contribution in [2.24, 2.45) is 5.92 Å². The molecule has 1 fully saturated rings. The number of hydroxylamine groups is 2. The van der Waals surface area contributed by atoms with E-state index < -0.39 is 0 Å². The maximum Gasteiger partial charge on any atom is 0.254 e. The molecule has 4 nitrogen and oxygen atoms in total. The fourth-order valence-corrected chi connectivity index (χ4v) is 2.51. The Morgan fingerprint density at radius 3 is 2.79 bits per heavy atom. The van der Waals surface area contributed by atoms with Gasteiger partial charge in [0.25, 0.3) is 5.91 Å². The Kier molecular flexibility index (Phi) is 3.36. The zero-order valence-electron chi connectivity index (χ0n) is 10.9. The molecule has 0 aliphatic carbocycles. The molecule has 1 aromatic carbocycles. The number of fused-ring (bicyclic) bond motifs is 2. The normalized spacial score (nSPS) is 29.0. The average molecular weight is 259 g/mol. The maximum atomic E-state index is 12.3. The lowest BCUT2D eigenvalue weighted by molar-refractivity contribution is -0.264. The fraction of sp³-hybridized carbons (Fsp3) is 0.400. The van der Waals surface area contributed by atoms with Crippen molar-refractivity contribution in [1.29, 1.82) is 0 Å². The maximum absolute atomic E-state index is 12.3. The van der Waals surface area contributed by atoms with E-state index in [1.165, 1.54) is 5.06 Å². The Morgan fingerprint density at radius 2 is 2.05 bits per heavy atom. The molecule has 0 saturated carbocycles. The van der Waals surface area contributed by atoms with E-state index in [2.05, 4.69) is 0 Å². The number of amides is 1. The highest BCUT2D eigenvalue weighted by Crippen LogP contribution is 2.31. The molecule has 2 bridgehead atoms. The lowest BCUT2D eigenvalue weighted by Crippen LogP contribution is -2.50. The van der Waals surface area contributed by atoms with Crippen molar-refractivity contribution in [3.63, 3.8) is 0 Å². The van der Waals surface area contributed by atoms with Crippen molar-refractivity contribution in [2.45, 2.75) is 32.3 Å². The lowest BCUT2D eigenvalue weighted by atomic mass is 9.98. The quantitative estimate of drug-likeness (QED) is 0.779. The van der Waals surface area contributed by atoms with E-state index in [9.17, 15) is 4.79 Å². The van der Waals surface area contributed by atoms with E-state index in [1.807, 2.05) is 49.4 Å². The Hall–Kier alpha value is -1.65. The van der Waals surface area contributed by atoms with Crippen molar-refractivity contribution < 1.29 is 14.4 Å². The van der Waals surface area contributed by atoms with Crippen LogP contribution in [-0.4, -0.2) is 23.3 Å². The molecule has 2 aliphatic rings. The molecular formula is C15H17NO3. The first-order valence-electron chi connectivity index (χ1n) is 6.63. The molecule has 1 aromatic rings. The van der Waals surface area contributed by atoms with E-state index in [1.54, 1.807) is 0 Å². The first kappa shape index (κ1) is 12.4. The monoisotopic (exact) mass is 259 g/mol. The summed E-state index contributed by atoms with van der Waals surface area (Å²) in [6, 6.07) is 9.80. The molecule has 0 aromatic heterocycles. The van der Waals surface area contributed by atoms with Gasteiger partial charge in [-0.2, -0.15) is 5.06 Å². The van der Waals surface area contributed by atoms with Gasteiger partial charge in [0.15, 0.2) is 6.23 Å². The lowest BCUT2D eigenvalue weighted by Gasteiger charge is -2.36. The smallest absolute Gasteiger partial charge is 0.254 e. The van der Waals surface area contributed by atoms with Gasteiger partial charge < -0.3 is 4.74 Å². The van der Waals surface area contributed by atoms with Crippen LogP contribution in [0, 0.1) is 5.92 Å². The van der Waals surface area contributed by atoms with E-state index in [0.29, 0.717) is 6.61 Å². The summed E-state index contributed by atoms with van der Waals surface area (Å²) in [5.74, 6) is -0.115. The molecule has 4 heteroatoms. The number of rotatable bonds is 4. The number of nitrogens with zero attached hydrogens (tertiary/aromatic N) is 1. The van der Waals surface area contributed by atoms with Gasteiger partial charge in [-0.3, -0.25) is 9.63 Å². The number of benzene rings is 1. The SMILES string of the molecule is CC[C@@H]1C(=O)N(OCc2ccccc2)[C@@H]2C=C[C@H]1O2. The minimum absolute atomic E-state index is 0.0182. The van der Waals surface area contributed by atoms with Gasteiger partial charge in [-0.15, -0.1) is 0 Å². The highest BCUT2D eigenvalue weighted by Gasteiger charge is 2.44. The predicted octanol–water partition coefficient (Wildman–Crippen LogP) is 2.27. The Morgan fingerprint density at radius 1 is 1.26 bits per heavy atom. The third-order valence-corrected chi connectivity index (χ3v) is 3.58. The molecule has 0 unspecified atom stereocenters. The summed E-state index contributed by atoms with van der Waals surface area (Å²) in [6.45, 7) is 2.37. The highest BCUT2D eigenvalue weighted by atomic mass is 16.7. The first-order chi connectivity index (χ1) is 9.29. The van der Waals surface area contributed by atoms with E-state index >= 15 is 0 Å². The second-order valence-corrected chi connectivity index (χ2v) is 4.81. The predicted molar refractivity (Wildman–Crippen MR) is 69.7 cm³/mol. The minimum atomic E-state index is -0.371. The minimum Gasteiger partial charge on any atom is -0.344 e. The third-order valence-electron chi connectivity index (χ3n) is 3.58. The van der Waals surface area contributed by atoms with Crippen LogP contribution in [0.1, 0.15) is 18.9 Å². The van der Waals surface area contributed by atoms with Gasteiger partial charge in [-0.25, -0.2) is 0 Å². The molecule has 0 spiro atoms. The van der Waals surface area contributed by atoms with Crippen LogP contribution in [-0.2, 0) is 21.0 Å². The first-order valence-corrected chi connectivity index (χ1v) is 6.63. The van der Waals surface area contributed by atoms with Crippen LogP contribution in [0.3, 0.4) is 0 Å². The van der Waals surface area contributed by atoms with Gasteiger partial charge in [0.1, 0.15) is 6.61 Å². The standard InChI is InChI=1S/C15H17NO3/c1-2-12-13-8-9-14(19-13)16(15(12)17)18-10-11-6-4-3-5-7-11/h3-9,12-14H,2,10H2,1H3/t12-,13+,14-/m0/s1. The zero-order valence-corrected chi connectivity index (χ0v) is 10.9. The van der Waals surface area contributed by atoms with Crippen molar-refractivity contribution >= 4 is 5.91 Å². The zero-order chi connectivity index (χ0) is 13.2. The topological polar surface area (TPSA) is 38.8 Å². The van der Waals surface area contributed by atoms with Crippen LogP contribution >= 0.6 is 0 Å². The van der Waals surface area contributed by atoms with Crippen molar-refractivity contribution in [2.75, 3.05) is 0 Å². The van der Waals surface area contributed by atoms with Crippen LogP contribution in [0.2, 0.25) is 0 Å². The number of carbonyl (C=O) groups excluding carboxylic acids is 1. The molecule has 100 valence electrons. The number of hydrogen-bond acceptors (Lipinski definition) is 3. The van der Waals surface area contributed by atoms with Gasteiger partial charge in [-0.05, 0) is 18.1 Å². The van der Waals surface area contributed by atoms with Crippen molar-refractivity contribution in [3.05, 3.63) is 48.0 Å². The van der Waals surface area contributed by atoms with Crippen LogP contribution in [0.5, 0.6) is 0 Å². The fourth-order valence-electron chi connectivity index (χ4n) is 2.51. The van der Waals surface area contributed by atoms with Gasteiger partial charge in [0.2, 0.25) is 0 Å². The van der Waals surface area contributed by atoms with E-state index in [-0.39, 0.29) is 24.2 Å². The van der Waals surface area contributed by atoms with Crippen molar-refractivity contribution in [1.82, 2.24) is 5.06 Å². The molecule has 2 heterocycles. The molecule has 2 aliphatic heterocycles. The van der Waals surface area contributed by atoms with Crippen LogP contribution in [0.25, 0.3) is 0 Å². The molecule has 1 saturated heterocycles. The highest BCUT2D eigenvalue weighted by molar-refractivity contribution is 5.80. The number of ether oxygens (including phenoxy) is 1. The second kappa shape index (κ2) is 5.15. The van der Waals surface area contributed by atoms with Gasteiger partial charge in [0, 0.05) is 0 Å².